The van der Waals surface area contributed by atoms with Gasteiger partial charge < -0.3 is 0 Å². The number of carbonyl (C=O) groups is 1. The van der Waals surface area contributed by atoms with Crippen molar-refractivity contribution >= 4 is 16.6 Å². The Morgan fingerprint density at radius 2 is 2.06 bits per heavy atom. The number of Topliss-reactive ketones (excluding diaryl/α,β-unsaturated/α-hetero) is 1. The third-order valence-electron chi connectivity index (χ3n) is 4.12. The third-order valence-corrected chi connectivity index (χ3v) is 6.29. The van der Waals surface area contributed by atoms with E-state index in [4.69, 9.17) is 0 Å². The summed E-state index contributed by atoms with van der Waals surface area (Å²) in [5.74, 6) is 0.428. The summed E-state index contributed by atoms with van der Waals surface area (Å²) < 4.78 is 11.9. The summed E-state index contributed by atoms with van der Waals surface area (Å²) >= 11 is 0. The van der Waals surface area contributed by atoms with E-state index in [2.05, 4.69) is 4.98 Å². The van der Waals surface area contributed by atoms with Gasteiger partial charge in [0.2, 0.25) is 0 Å². The Morgan fingerprint density at radius 3 is 2.67 bits per heavy atom. The molecule has 0 aromatic carbocycles. The number of pyridine rings is 1. The lowest BCUT2D eigenvalue weighted by molar-refractivity contribution is -0.122. The van der Waals surface area contributed by atoms with Gasteiger partial charge in [0.05, 0.1) is 0 Å². The van der Waals surface area contributed by atoms with Gasteiger partial charge in [0.25, 0.3) is 0 Å². The van der Waals surface area contributed by atoms with Crippen LogP contribution in [0.3, 0.4) is 0 Å². The zero-order chi connectivity index (χ0) is 12.5. The molecule has 0 amide bonds. The number of fused-ring (bicyclic) bond motifs is 2. The minimum atomic E-state index is -0.667. The first-order valence-electron chi connectivity index (χ1n) is 6.55. The molecule has 2 fully saturated rings. The van der Waals surface area contributed by atoms with E-state index in [0.29, 0.717) is 12.2 Å². The summed E-state index contributed by atoms with van der Waals surface area (Å²) in [5, 5.41) is 0.568. The largest absolute Gasteiger partial charge is 0.299 e. The molecule has 18 heavy (non-hydrogen) atoms. The van der Waals surface area contributed by atoms with Gasteiger partial charge in [-0.15, -0.1) is 0 Å². The Hall–Kier alpha value is -1.03. The van der Waals surface area contributed by atoms with E-state index in [1.54, 1.807) is 12.4 Å². The average Bonchev–Trinajstić information content (AvgIpc) is 2.63. The molecule has 2 unspecified atom stereocenters. The van der Waals surface area contributed by atoms with Crippen molar-refractivity contribution in [3.8, 4) is 0 Å². The first-order chi connectivity index (χ1) is 8.74. The molecule has 0 N–H and O–H groups in total. The first-order valence-corrected chi connectivity index (χ1v) is 7.82. The van der Waals surface area contributed by atoms with Crippen LogP contribution in [0, 0.1) is 5.92 Å². The average molecular weight is 263 g/mol. The highest BCUT2D eigenvalue weighted by atomic mass is 32.2. The van der Waals surface area contributed by atoms with Gasteiger partial charge in [-0.25, -0.2) is 0 Å². The van der Waals surface area contributed by atoms with Crippen molar-refractivity contribution in [2.24, 2.45) is 5.92 Å². The Kier molecular flexibility index (Phi) is 3.29. The fraction of sp³-hybridized carbons (Fsp3) is 0.571. The van der Waals surface area contributed by atoms with E-state index in [0.717, 1.165) is 31.2 Å². The van der Waals surface area contributed by atoms with Crippen molar-refractivity contribution < 1.29 is 9.00 Å². The molecule has 3 rings (SSSR count). The van der Waals surface area contributed by atoms with Crippen LogP contribution in [0.15, 0.2) is 24.5 Å². The topological polar surface area (TPSA) is 47.0 Å². The summed E-state index contributed by atoms with van der Waals surface area (Å²) in [5.41, 5.74) is 0.988. The molecule has 0 spiro atoms. The number of rotatable bonds is 3. The molecule has 0 radical (unpaired) electrons. The lowest BCUT2D eigenvalue weighted by Crippen LogP contribution is -2.32. The molecule has 1 aromatic rings. The van der Waals surface area contributed by atoms with Gasteiger partial charge in [-0.05, 0) is 37.3 Å². The monoisotopic (exact) mass is 263 g/mol. The maximum absolute atomic E-state index is 12.3. The molecule has 2 aliphatic heterocycles. The van der Waals surface area contributed by atoms with Crippen LogP contribution in [0.4, 0.5) is 0 Å². The maximum atomic E-state index is 12.3. The number of aromatic nitrogens is 1. The standard InChI is InChI=1S/C14H17NO2S/c16-14(6-10-2-1-5-15-9-10)11-7-12-3-4-13(8-11)18(12)17/h1-2,5,9,11-13H,3-4,6-8H2. The van der Waals surface area contributed by atoms with Crippen molar-refractivity contribution in [2.45, 2.75) is 42.6 Å². The summed E-state index contributed by atoms with van der Waals surface area (Å²) in [6, 6.07) is 3.81. The van der Waals surface area contributed by atoms with Crippen LogP contribution < -0.4 is 0 Å². The highest BCUT2D eigenvalue weighted by Gasteiger charge is 2.42. The second-order valence-electron chi connectivity index (χ2n) is 5.32. The van der Waals surface area contributed by atoms with Crippen molar-refractivity contribution in [1.82, 2.24) is 4.98 Å². The van der Waals surface area contributed by atoms with Gasteiger partial charge >= 0.3 is 0 Å². The van der Waals surface area contributed by atoms with Crippen LogP contribution in [0.2, 0.25) is 0 Å². The van der Waals surface area contributed by atoms with Gasteiger partial charge in [0.1, 0.15) is 5.78 Å². The Morgan fingerprint density at radius 1 is 1.33 bits per heavy atom. The Bertz CT molecular complexity index is 458. The molecule has 2 saturated heterocycles. The van der Waals surface area contributed by atoms with Gasteiger partial charge in [-0.3, -0.25) is 14.0 Å². The fourth-order valence-corrected chi connectivity index (χ4v) is 5.27. The van der Waals surface area contributed by atoms with Gasteiger partial charge in [-0.1, -0.05) is 6.07 Å². The quantitative estimate of drug-likeness (QED) is 0.836. The van der Waals surface area contributed by atoms with Crippen LogP contribution in [0.5, 0.6) is 0 Å². The van der Waals surface area contributed by atoms with Crippen molar-refractivity contribution in [3.63, 3.8) is 0 Å². The number of carbonyl (C=O) groups excluding carboxylic acids is 1. The number of hydrogen-bond donors (Lipinski definition) is 0. The number of nitrogens with zero attached hydrogens (tertiary/aromatic N) is 1. The molecular weight excluding hydrogens is 246 g/mol. The zero-order valence-electron chi connectivity index (χ0n) is 10.2. The van der Waals surface area contributed by atoms with Crippen LogP contribution >= 0.6 is 0 Å². The van der Waals surface area contributed by atoms with Gasteiger partial charge in [-0.2, -0.15) is 0 Å². The second kappa shape index (κ2) is 4.92. The normalized spacial score (nSPS) is 34.4. The predicted molar refractivity (Wildman–Crippen MR) is 70.6 cm³/mol. The highest BCUT2D eigenvalue weighted by Crippen LogP contribution is 2.39. The molecular formula is C14H17NO2S. The van der Waals surface area contributed by atoms with Crippen molar-refractivity contribution in [3.05, 3.63) is 30.1 Å². The van der Waals surface area contributed by atoms with Crippen molar-refractivity contribution in [1.29, 1.82) is 0 Å². The predicted octanol–water partition coefficient (Wildman–Crippen LogP) is 1.88. The molecule has 3 heterocycles. The smallest absolute Gasteiger partial charge is 0.140 e. The summed E-state index contributed by atoms with van der Waals surface area (Å²) in [7, 11) is -0.667. The molecule has 1 aromatic heterocycles. The van der Waals surface area contributed by atoms with Gasteiger partial charge in [0, 0.05) is 46.0 Å². The molecule has 0 aliphatic carbocycles. The number of hydrogen-bond acceptors (Lipinski definition) is 3. The second-order valence-corrected chi connectivity index (χ2v) is 7.31. The lowest BCUT2D eigenvalue weighted by Gasteiger charge is -2.26. The van der Waals surface area contributed by atoms with Crippen LogP contribution in [-0.4, -0.2) is 25.5 Å². The molecule has 3 nitrogen and oxygen atoms in total. The lowest BCUT2D eigenvalue weighted by atomic mass is 9.91. The van der Waals surface area contributed by atoms with Crippen molar-refractivity contribution in [2.75, 3.05) is 0 Å². The number of ketones is 1. The maximum Gasteiger partial charge on any atom is 0.140 e. The fourth-order valence-electron chi connectivity index (χ4n) is 3.14. The van der Waals surface area contributed by atoms with E-state index in [-0.39, 0.29) is 16.4 Å². The summed E-state index contributed by atoms with van der Waals surface area (Å²) in [6.07, 6.45) is 7.72. The van der Waals surface area contributed by atoms with E-state index in [9.17, 15) is 9.00 Å². The summed E-state index contributed by atoms with van der Waals surface area (Å²) in [4.78, 5) is 16.3. The Labute approximate surface area is 109 Å². The molecule has 0 saturated carbocycles. The third kappa shape index (κ3) is 2.26. The van der Waals surface area contributed by atoms with E-state index in [1.807, 2.05) is 12.1 Å². The minimum Gasteiger partial charge on any atom is -0.299 e. The van der Waals surface area contributed by atoms with Gasteiger partial charge in [0.15, 0.2) is 0 Å². The molecule has 4 heteroatoms. The van der Waals surface area contributed by atoms with E-state index < -0.39 is 10.8 Å². The molecule has 2 atom stereocenters. The van der Waals surface area contributed by atoms with Crippen LogP contribution in [0.1, 0.15) is 31.2 Å². The highest BCUT2D eigenvalue weighted by molar-refractivity contribution is 7.86. The van der Waals surface area contributed by atoms with Crippen LogP contribution in [-0.2, 0) is 22.0 Å². The molecule has 96 valence electrons. The van der Waals surface area contributed by atoms with E-state index in [1.165, 1.54) is 0 Å². The SMILES string of the molecule is O=C(Cc1cccnc1)C1CC2CCC(C1)S2=O. The molecule has 2 aliphatic rings. The minimum absolute atomic E-state index is 0.125. The Balaban J connectivity index is 1.66. The van der Waals surface area contributed by atoms with Crippen LogP contribution in [0.25, 0.3) is 0 Å². The molecule has 2 bridgehead atoms. The summed E-state index contributed by atoms with van der Waals surface area (Å²) in [6.45, 7) is 0. The zero-order valence-corrected chi connectivity index (χ0v) is 11.1. The first kappa shape index (κ1) is 12.0. The van der Waals surface area contributed by atoms with E-state index >= 15 is 0 Å².